The van der Waals surface area contributed by atoms with Crippen LogP contribution >= 0.6 is 0 Å². The van der Waals surface area contributed by atoms with E-state index in [0.717, 1.165) is 0 Å². The van der Waals surface area contributed by atoms with Crippen LogP contribution in [0.3, 0.4) is 0 Å². The van der Waals surface area contributed by atoms with E-state index in [2.05, 4.69) is 0 Å². The Kier molecular flexibility index (Phi) is 3.33. The first-order chi connectivity index (χ1) is 9.08. The van der Waals surface area contributed by atoms with Crippen LogP contribution in [0.1, 0.15) is 13.3 Å². The second kappa shape index (κ2) is 4.94. The molecule has 0 radical (unpaired) electrons. The topological polar surface area (TPSA) is 96.5 Å². The molecule has 7 nitrogen and oxygen atoms in total. The molecule has 1 atom stereocenters. The van der Waals surface area contributed by atoms with Crippen LogP contribution in [-0.2, 0) is 4.79 Å². The second-order valence-corrected chi connectivity index (χ2v) is 4.01. The van der Waals surface area contributed by atoms with Crippen LogP contribution in [0.15, 0.2) is 18.2 Å². The lowest BCUT2D eigenvalue weighted by Crippen LogP contribution is -2.45. The molecular formula is C12H11N3O4. The van der Waals surface area contributed by atoms with E-state index >= 15 is 0 Å². The normalized spacial score (nSPS) is 17.4. The largest absolute Gasteiger partial charge is 0.478 e. The summed E-state index contributed by atoms with van der Waals surface area (Å²) < 4.78 is 5.46. The van der Waals surface area contributed by atoms with Gasteiger partial charge in [-0.2, -0.15) is 5.26 Å². The molecule has 19 heavy (non-hydrogen) atoms. The van der Waals surface area contributed by atoms with Gasteiger partial charge in [-0.3, -0.25) is 19.8 Å². The number of hydrogen-bond acceptors (Lipinski definition) is 5. The minimum Gasteiger partial charge on any atom is -0.478 e. The molecule has 7 heteroatoms. The number of hydrogen-bond donors (Lipinski definition) is 0. The first-order valence-corrected chi connectivity index (χ1v) is 5.72. The van der Waals surface area contributed by atoms with Crippen LogP contribution in [0.5, 0.6) is 5.75 Å². The molecule has 0 N–H and O–H groups in total. The van der Waals surface area contributed by atoms with Crippen molar-refractivity contribution in [2.45, 2.75) is 19.4 Å². The molecule has 0 fully saturated rings. The molecule has 0 saturated heterocycles. The zero-order valence-electron chi connectivity index (χ0n) is 10.2. The second-order valence-electron chi connectivity index (χ2n) is 4.01. The summed E-state index contributed by atoms with van der Waals surface area (Å²) in [7, 11) is 0. The summed E-state index contributed by atoms with van der Waals surface area (Å²) in [5.41, 5.74) is 0.279. The molecule has 1 aromatic rings. The quantitative estimate of drug-likeness (QED) is 0.468. The first-order valence-electron chi connectivity index (χ1n) is 5.72. The molecule has 1 aliphatic rings. The third kappa shape index (κ3) is 2.20. The molecule has 0 aliphatic carbocycles. The summed E-state index contributed by atoms with van der Waals surface area (Å²) in [6, 6.07) is 5.89. The number of non-ortho nitro benzene ring substituents is 1. The molecular weight excluding hydrogens is 250 g/mol. The van der Waals surface area contributed by atoms with Crippen molar-refractivity contribution in [2.75, 3.05) is 11.4 Å². The number of ether oxygens (including phenoxy) is 1. The van der Waals surface area contributed by atoms with Crippen molar-refractivity contribution in [3.05, 3.63) is 28.3 Å². The van der Waals surface area contributed by atoms with Crippen LogP contribution in [0.4, 0.5) is 11.4 Å². The lowest BCUT2D eigenvalue weighted by atomic mass is 10.1. The number of nitrogens with zero attached hydrogens (tertiary/aromatic N) is 3. The Morgan fingerprint density at radius 2 is 2.32 bits per heavy atom. The molecule has 1 unspecified atom stereocenters. The van der Waals surface area contributed by atoms with E-state index in [1.807, 2.05) is 6.07 Å². The van der Waals surface area contributed by atoms with Crippen molar-refractivity contribution < 1.29 is 14.5 Å². The maximum absolute atomic E-state index is 12.0. The van der Waals surface area contributed by atoms with Gasteiger partial charge < -0.3 is 4.74 Å². The Labute approximate surface area is 109 Å². The van der Waals surface area contributed by atoms with Crippen LogP contribution in [-0.4, -0.2) is 23.5 Å². The molecule has 1 heterocycles. The Morgan fingerprint density at radius 3 is 2.89 bits per heavy atom. The SMILES string of the molecule is CCC1Oc2cc([N+](=O)[O-])ccc2N(CC#N)C1=O. The van der Waals surface area contributed by atoms with E-state index in [1.54, 1.807) is 6.92 Å². The molecule has 2 rings (SSSR count). The molecule has 0 bridgehead atoms. The molecule has 1 amide bonds. The lowest BCUT2D eigenvalue weighted by Gasteiger charge is -2.32. The molecule has 0 saturated carbocycles. The van der Waals surface area contributed by atoms with Crippen molar-refractivity contribution in [2.24, 2.45) is 0 Å². The van der Waals surface area contributed by atoms with Gasteiger partial charge in [-0.1, -0.05) is 6.92 Å². The molecule has 1 aromatic carbocycles. The number of nitro groups is 1. The molecule has 1 aliphatic heterocycles. The number of benzene rings is 1. The predicted octanol–water partition coefficient (Wildman–Crippen LogP) is 1.62. The lowest BCUT2D eigenvalue weighted by molar-refractivity contribution is -0.384. The number of anilines is 1. The smallest absolute Gasteiger partial charge is 0.273 e. The predicted molar refractivity (Wildman–Crippen MR) is 65.8 cm³/mol. The van der Waals surface area contributed by atoms with Gasteiger partial charge in [0.1, 0.15) is 6.54 Å². The van der Waals surface area contributed by atoms with Gasteiger partial charge in [-0.05, 0) is 12.5 Å². The van der Waals surface area contributed by atoms with Crippen LogP contribution in [0.25, 0.3) is 0 Å². The van der Waals surface area contributed by atoms with E-state index in [-0.39, 0.29) is 23.9 Å². The maximum Gasteiger partial charge on any atom is 0.273 e. The number of fused-ring (bicyclic) bond motifs is 1. The summed E-state index contributed by atoms with van der Waals surface area (Å²) >= 11 is 0. The zero-order valence-corrected chi connectivity index (χ0v) is 10.2. The van der Waals surface area contributed by atoms with E-state index in [1.165, 1.54) is 23.1 Å². The van der Waals surface area contributed by atoms with Gasteiger partial charge in [0.2, 0.25) is 0 Å². The van der Waals surface area contributed by atoms with Gasteiger partial charge in [0, 0.05) is 6.07 Å². The fraction of sp³-hybridized carbons (Fsp3) is 0.333. The van der Waals surface area contributed by atoms with Crippen LogP contribution < -0.4 is 9.64 Å². The van der Waals surface area contributed by atoms with E-state index in [0.29, 0.717) is 12.1 Å². The minimum absolute atomic E-state index is 0.108. The average molecular weight is 261 g/mol. The third-order valence-electron chi connectivity index (χ3n) is 2.86. The zero-order chi connectivity index (χ0) is 14.0. The average Bonchev–Trinajstić information content (AvgIpc) is 2.41. The van der Waals surface area contributed by atoms with Crippen molar-refractivity contribution in [3.63, 3.8) is 0 Å². The number of nitro benzene ring substituents is 1. The Morgan fingerprint density at radius 1 is 1.58 bits per heavy atom. The van der Waals surface area contributed by atoms with Crippen LogP contribution in [0.2, 0.25) is 0 Å². The number of carbonyl (C=O) groups excluding carboxylic acids is 1. The standard InChI is InChI=1S/C12H11N3O4/c1-2-10-12(16)14(6-5-13)9-4-3-8(15(17)18)7-11(9)19-10/h3-4,7,10H,2,6H2,1H3. The Hall–Kier alpha value is -2.62. The van der Waals surface area contributed by atoms with E-state index in [9.17, 15) is 14.9 Å². The van der Waals surface area contributed by atoms with Gasteiger partial charge in [0.15, 0.2) is 11.9 Å². The highest BCUT2D eigenvalue weighted by Crippen LogP contribution is 2.37. The van der Waals surface area contributed by atoms with Crippen molar-refractivity contribution in [1.82, 2.24) is 0 Å². The summed E-state index contributed by atoms with van der Waals surface area (Å²) in [6.07, 6.45) is -0.272. The molecule has 0 aromatic heterocycles. The first kappa shape index (κ1) is 12.8. The Bertz CT molecular complexity index is 579. The summed E-state index contributed by atoms with van der Waals surface area (Å²) in [4.78, 5) is 23.5. The minimum atomic E-state index is -0.706. The van der Waals surface area contributed by atoms with Crippen molar-refractivity contribution >= 4 is 17.3 Å². The monoisotopic (exact) mass is 261 g/mol. The van der Waals surface area contributed by atoms with Gasteiger partial charge in [0.05, 0.1) is 22.7 Å². The van der Waals surface area contributed by atoms with Crippen LogP contribution in [0, 0.1) is 21.4 Å². The number of amides is 1. The van der Waals surface area contributed by atoms with E-state index in [4.69, 9.17) is 10.00 Å². The van der Waals surface area contributed by atoms with E-state index < -0.39 is 11.0 Å². The molecule has 98 valence electrons. The van der Waals surface area contributed by atoms with Gasteiger partial charge >= 0.3 is 0 Å². The molecule has 0 spiro atoms. The summed E-state index contributed by atoms with van der Waals surface area (Å²) in [6.45, 7) is 1.67. The summed E-state index contributed by atoms with van der Waals surface area (Å²) in [5.74, 6) is -0.0405. The van der Waals surface area contributed by atoms with Gasteiger partial charge in [-0.15, -0.1) is 0 Å². The van der Waals surface area contributed by atoms with Crippen molar-refractivity contribution in [3.8, 4) is 11.8 Å². The maximum atomic E-state index is 12.0. The highest BCUT2D eigenvalue weighted by Gasteiger charge is 2.34. The number of rotatable bonds is 3. The fourth-order valence-corrected chi connectivity index (χ4v) is 1.92. The number of nitriles is 1. The number of carbonyl (C=O) groups is 1. The Balaban J connectivity index is 2.49. The van der Waals surface area contributed by atoms with Gasteiger partial charge in [0.25, 0.3) is 11.6 Å². The highest BCUT2D eigenvalue weighted by atomic mass is 16.6. The summed E-state index contributed by atoms with van der Waals surface area (Å²) in [5, 5.41) is 19.5. The van der Waals surface area contributed by atoms with Crippen molar-refractivity contribution in [1.29, 1.82) is 5.26 Å². The third-order valence-corrected chi connectivity index (χ3v) is 2.86. The van der Waals surface area contributed by atoms with Gasteiger partial charge in [-0.25, -0.2) is 0 Å². The highest BCUT2D eigenvalue weighted by molar-refractivity contribution is 6.00. The fourth-order valence-electron chi connectivity index (χ4n) is 1.92.